The van der Waals surface area contributed by atoms with Gasteiger partial charge in [-0.3, -0.25) is 4.79 Å². The first-order valence-electron chi connectivity index (χ1n) is 14.6. The van der Waals surface area contributed by atoms with Gasteiger partial charge in [-0.25, -0.2) is 8.78 Å². The van der Waals surface area contributed by atoms with Crippen molar-refractivity contribution in [3.8, 4) is 6.07 Å². The highest BCUT2D eigenvalue weighted by atomic mass is 19.1. The number of hydrogen-bond acceptors (Lipinski definition) is 3. The van der Waals surface area contributed by atoms with Gasteiger partial charge in [0.25, 0.3) is 0 Å². The molecular weight excluding hydrogens is 492 g/mol. The number of fused-ring (bicyclic) bond motifs is 1. The number of rotatable bonds is 6. The first kappa shape index (κ1) is 30.8. The molecule has 2 aromatic rings. The molecule has 1 saturated heterocycles. The van der Waals surface area contributed by atoms with E-state index in [0.717, 1.165) is 41.5 Å². The van der Waals surface area contributed by atoms with E-state index >= 15 is 0 Å². The number of benzene rings is 2. The molecule has 39 heavy (non-hydrogen) atoms. The molecule has 3 atom stereocenters. The summed E-state index contributed by atoms with van der Waals surface area (Å²) in [5, 5.41) is 11.3. The number of hydrogen-bond donors (Lipinski definition) is 1. The lowest BCUT2D eigenvalue weighted by molar-refractivity contribution is -0.114. The van der Waals surface area contributed by atoms with Crippen LogP contribution in [0.1, 0.15) is 90.2 Å². The monoisotopic (exact) mass is 537 g/mol. The van der Waals surface area contributed by atoms with Crippen LogP contribution in [0, 0.1) is 40.7 Å². The zero-order valence-corrected chi connectivity index (χ0v) is 24.1. The predicted octanol–water partition coefficient (Wildman–Crippen LogP) is 8.08. The van der Waals surface area contributed by atoms with Crippen molar-refractivity contribution in [3.63, 3.8) is 0 Å². The molecule has 0 spiro atoms. The number of nitriles is 1. The minimum Gasteiger partial charge on any atom is -0.326 e. The topological polar surface area (TPSA) is 56.1 Å². The van der Waals surface area contributed by atoms with Gasteiger partial charge in [-0.1, -0.05) is 39.3 Å². The largest absolute Gasteiger partial charge is 0.326 e. The van der Waals surface area contributed by atoms with Crippen LogP contribution in [0.3, 0.4) is 0 Å². The summed E-state index contributed by atoms with van der Waals surface area (Å²) in [5.41, 5.74) is 2.81. The van der Waals surface area contributed by atoms with Crippen molar-refractivity contribution < 1.29 is 13.6 Å². The molecule has 0 bridgehead atoms. The third kappa shape index (κ3) is 9.14. The Morgan fingerprint density at radius 1 is 1.15 bits per heavy atom. The molecule has 212 valence electrons. The van der Waals surface area contributed by atoms with Gasteiger partial charge in [0.05, 0.1) is 11.6 Å². The molecule has 4 nitrogen and oxygen atoms in total. The Hall–Kier alpha value is -2.78. The van der Waals surface area contributed by atoms with Crippen LogP contribution in [0.25, 0.3) is 0 Å². The third-order valence-corrected chi connectivity index (χ3v) is 8.50. The molecule has 1 aliphatic heterocycles. The van der Waals surface area contributed by atoms with E-state index in [1.807, 2.05) is 12.1 Å². The summed E-state index contributed by atoms with van der Waals surface area (Å²) in [5.74, 6) is 0.851. The molecule has 6 heteroatoms. The molecule has 3 unspecified atom stereocenters. The summed E-state index contributed by atoms with van der Waals surface area (Å²) in [7, 11) is 0. The van der Waals surface area contributed by atoms with Gasteiger partial charge in [-0.05, 0) is 118 Å². The maximum atomic E-state index is 12.5. The molecule has 1 N–H and O–H groups in total. The van der Waals surface area contributed by atoms with Crippen molar-refractivity contribution in [3.05, 3.63) is 65.2 Å². The number of nitrogens with zero attached hydrogens (tertiary/aromatic N) is 2. The first-order valence-corrected chi connectivity index (χ1v) is 14.6. The normalized spacial score (nSPS) is 23.4. The van der Waals surface area contributed by atoms with Gasteiger partial charge in [-0.2, -0.15) is 5.26 Å². The Morgan fingerprint density at radius 3 is 2.41 bits per heavy atom. The van der Waals surface area contributed by atoms with Gasteiger partial charge in [-0.15, -0.1) is 0 Å². The third-order valence-electron chi connectivity index (χ3n) is 8.50. The van der Waals surface area contributed by atoms with Crippen LogP contribution in [-0.4, -0.2) is 30.4 Å². The molecule has 1 amide bonds. The molecule has 2 saturated carbocycles. The maximum Gasteiger partial charge on any atom is 0.221 e. The number of likely N-dealkylation sites (tertiary alicyclic amines) is 1. The van der Waals surface area contributed by atoms with E-state index in [0.29, 0.717) is 5.41 Å². The molecule has 5 rings (SSSR count). The number of unbranched alkanes of at least 4 members (excludes halogenated alkanes) is 1. The highest BCUT2D eigenvalue weighted by Crippen LogP contribution is 2.64. The molecule has 0 aromatic heterocycles. The highest BCUT2D eigenvalue weighted by Gasteiger charge is 2.57. The summed E-state index contributed by atoms with van der Waals surface area (Å²) in [6.07, 6.45) is 11.0. The van der Waals surface area contributed by atoms with Gasteiger partial charge in [0.15, 0.2) is 0 Å². The van der Waals surface area contributed by atoms with Gasteiger partial charge < -0.3 is 10.2 Å². The number of carbonyl (C=O) groups excluding carboxylic acids is 1. The number of carbonyl (C=O) groups is 1. The highest BCUT2D eigenvalue weighted by molar-refractivity contribution is 5.88. The van der Waals surface area contributed by atoms with Crippen molar-refractivity contribution in [1.29, 1.82) is 5.26 Å². The van der Waals surface area contributed by atoms with Gasteiger partial charge in [0.2, 0.25) is 5.91 Å². The molecule has 3 fully saturated rings. The average Bonchev–Trinajstić information content (AvgIpc) is 3.42. The lowest BCUT2D eigenvalue weighted by atomic mass is 9.74. The van der Waals surface area contributed by atoms with Gasteiger partial charge in [0, 0.05) is 18.7 Å². The summed E-state index contributed by atoms with van der Waals surface area (Å²) in [6.45, 7) is 12.3. The van der Waals surface area contributed by atoms with E-state index < -0.39 is 11.6 Å². The van der Waals surface area contributed by atoms with E-state index in [-0.39, 0.29) is 11.6 Å². The molecule has 0 radical (unpaired) electrons. The zero-order valence-electron chi connectivity index (χ0n) is 24.1. The summed E-state index contributed by atoms with van der Waals surface area (Å²) in [4.78, 5) is 13.1. The second kappa shape index (κ2) is 14.6. The second-order valence-corrected chi connectivity index (χ2v) is 11.8. The fourth-order valence-electron chi connectivity index (χ4n) is 6.14. The average molecular weight is 538 g/mol. The molecule has 3 aliphatic rings. The predicted molar refractivity (Wildman–Crippen MR) is 154 cm³/mol. The Kier molecular flexibility index (Phi) is 11.5. The fourth-order valence-corrected chi connectivity index (χ4v) is 6.14. The molecule has 2 aliphatic carbocycles. The van der Waals surface area contributed by atoms with Crippen LogP contribution in [0.5, 0.6) is 0 Å². The lowest BCUT2D eigenvalue weighted by Crippen LogP contribution is -2.22. The van der Waals surface area contributed by atoms with E-state index in [9.17, 15) is 13.6 Å². The van der Waals surface area contributed by atoms with Crippen LogP contribution < -0.4 is 5.32 Å². The van der Waals surface area contributed by atoms with E-state index in [1.54, 1.807) is 0 Å². The fraction of sp³-hybridized carbons (Fsp3) is 0.576. The van der Waals surface area contributed by atoms with Crippen LogP contribution in [0.4, 0.5) is 14.5 Å². The first-order chi connectivity index (χ1) is 18.7. The summed E-state index contributed by atoms with van der Waals surface area (Å²) in [6, 6.07) is 13.4. The minimum absolute atomic E-state index is 0.125. The number of halogens is 2. The summed E-state index contributed by atoms with van der Waals surface area (Å²) >= 11 is 0. The van der Waals surface area contributed by atoms with Crippen LogP contribution in [0.15, 0.2) is 42.5 Å². The van der Waals surface area contributed by atoms with Crippen molar-refractivity contribution in [2.24, 2.45) is 17.8 Å². The zero-order chi connectivity index (χ0) is 28.4. The van der Waals surface area contributed by atoms with Crippen LogP contribution in [-0.2, 0) is 10.2 Å². The molecule has 1 heterocycles. The Balaban J connectivity index is 0.000000174. The molecule has 2 aromatic carbocycles. The maximum absolute atomic E-state index is 12.5. The van der Waals surface area contributed by atoms with E-state index in [1.165, 1.54) is 83.5 Å². The number of anilines is 1. The smallest absolute Gasteiger partial charge is 0.221 e. The lowest BCUT2D eigenvalue weighted by Gasteiger charge is -2.31. The Morgan fingerprint density at radius 2 is 1.85 bits per heavy atom. The van der Waals surface area contributed by atoms with Gasteiger partial charge >= 0.3 is 0 Å². The van der Waals surface area contributed by atoms with Crippen LogP contribution in [0.2, 0.25) is 0 Å². The Bertz CT molecular complexity index is 1100. The van der Waals surface area contributed by atoms with Crippen molar-refractivity contribution in [1.82, 2.24) is 4.90 Å². The second-order valence-electron chi connectivity index (χ2n) is 11.8. The summed E-state index contributed by atoms with van der Waals surface area (Å²) < 4.78 is 25.0. The Labute approximate surface area is 233 Å². The van der Waals surface area contributed by atoms with E-state index in [2.05, 4.69) is 49.2 Å². The number of nitrogens with one attached hydrogen (secondary N) is 1. The van der Waals surface area contributed by atoms with Gasteiger partial charge in [0.1, 0.15) is 11.6 Å². The minimum atomic E-state index is -0.709. The molecular formula is C33H45F2N3O. The van der Waals surface area contributed by atoms with Crippen molar-refractivity contribution >= 4 is 11.6 Å². The van der Waals surface area contributed by atoms with Crippen molar-refractivity contribution in [2.75, 3.05) is 25.0 Å². The van der Waals surface area contributed by atoms with Crippen LogP contribution >= 0.6 is 0 Å². The van der Waals surface area contributed by atoms with E-state index in [4.69, 9.17) is 5.26 Å². The SMILES string of the molecule is CC(=O)Nc1cc(F)cc(F)c1.CC(C)C1CCC2(c3cccc(C#N)c3)CC2C1.CCCCN1CCCC1. The standard InChI is InChI=1S/C17H21N.C8H7F2NO.C8H17N/c1-12(2)14-6-7-17(10-16(17)9-14)15-5-3-4-13(8-15)11-18;1-5(12)11-8-3-6(9)2-7(10)4-8;1-2-3-6-9-7-4-5-8-9/h3-5,8,12,14,16H,6-7,9-10H2,1-2H3;2-4H,1H3,(H,11,12);2-8H2,1H3. The van der Waals surface area contributed by atoms with Crippen molar-refractivity contribution in [2.45, 2.75) is 84.5 Å². The quantitative estimate of drug-likeness (QED) is 0.405. The number of amides is 1.